The maximum Gasteiger partial charge on any atom is 0.311 e. The molecule has 1 aliphatic rings. The highest BCUT2D eigenvalue weighted by atomic mass is 16.6. The number of nitrogens with zero attached hydrogens (tertiary/aromatic N) is 2. The van der Waals surface area contributed by atoms with E-state index in [9.17, 15) is 29.3 Å². The summed E-state index contributed by atoms with van der Waals surface area (Å²) < 4.78 is 5.11. The molecule has 0 bridgehead atoms. The minimum atomic E-state index is -0.893. The summed E-state index contributed by atoms with van der Waals surface area (Å²) >= 11 is 0. The van der Waals surface area contributed by atoms with Crippen molar-refractivity contribution in [3.63, 3.8) is 0 Å². The maximum atomic E-state index is 12.5. The number of hydrogen-bond donors (Lipinski definition) is 2. The number of nitro benzene ring substituents is 1. The molecular weight excluding hydrogens is 456 g/mol. The van der Waals surface area contributed by atoms with Gasteiger partial charge in [0.15, 0.2) is 6.61 Å². The monoisotopic (exact) mass is 482 g/mol. The van der Waals surface area contributed by atoms with E-state index in [1.54, 1.807) is 0 Å². The molecule has 2 aromatic carbocycles. The van der Waals surface area contributed by atoms with Crippen LogP contribution in [0, 0.1) is 16.0 Å². The smallest absolute Gasteiger partial charge is 0.311 e. The summed E-state index contributed by atoms with van der Waals surface area (Å²) in [4.78, 5) is 60.0. The zero-order chi connectivity index (χ0) is 25.5. The molecule has 1 fully saturated rings. The number of carbonyl (C=O) groups is 4. The van der Waals surface area contributed by atoms with Gasteiger partial charge in [-0.15, -0.1) is 0 Å². The lowest BCUT2D eigenvalue weighted by atomic mass is 10.0. The number of benzene rings is 2. The Balaban J connectivity index is 1.56. The highest BCUT2D eigenvalue weighted by molar-refractivity contribution is 5.99. The average Bonchev–Trinajstić information content (AvgIpc) is 3.22. The second-order valence-corrected chi connectivity index (χ2v) is 7.93. The van der Waals surface area contributed by atoms with E-state index in [0.717, 1.165) is 29.0 Å². The molecule has 2 N–H and O–H groups in total. The van der Waals surface area contributed by atoms with E-state index in [1.807, 2.05) is 32.0 Å². The van der Waals surface area contributed by atoms with Gasteiger partial charge < -0.3 is 10.1 Å². The molecule has 3 amide bonds. The molecule has 2 aromatic rings. The Hall–Kier alpha value is -4.28. The van der Waals surface area contributed by atoms with Crippen molar-refractivity contribution >= 4 is 35.1 Å². The van der Waals surface area contributed by atoms with Crippen molar-refractivity contribution < 1.29 is 28.8 Å². The van der Waals surface area contributed by atoms with Gasteiger partial charge in [0.25, 0.3) is 17.5 Å². The zero-order valence-electron chi connectivity index (χ0n) is 19.4. The minimum absolute atomic E-state index is 0.176. The van der Waals surface area contributed by atoms with Gasteiger partial charge in [0.1, 0.15) is 5.56 Å². The van der Waals surface area contributed by atoms with Gasteiger partial charge >= 0.3 is 5.97 Å². The highest BCUT2D eigenvalue weighted by Crippen LogP contribution is 2.23. The fourth-order valence-corrected chi connectivity index (χ4v) is 3.81. The largest absolute Gasteiger partial charge is 0.455 e. The number of carbonyl (C=O) groups excluding carboxylic acids is 4. The number of ether oxygens (including phenoxy) is 1. The standard InChI is InChI=1S/C24H26N4O7/c1-3-15-8-7-9-16(4-2)22(15)25-20(29)14-35-24(32)17-12-21(30)27(13-17)26-23(31)18-10-5-6-11-19(18)28(33)34/h5-11,17H,3-4,12-14H2,1-2H3,(H,25,29)(H,26,31)/t17-/m0/s1. The Kier molecular flexibility index (Phi) is 8.13. The van der Waals surface area contributed by atoms with Gasteiger partial charge in [-0.3, -0.25) is 39.7 Å². The first kappa shape index (κ1) is 25.3. The van der Waals surface area contributed by atoms with Crippen LogP contribution >= 0.6 is 0 Å². The molecule has 3 rings (SSSR count). The number of amides is 3. The van der Waals surface area contributed by atoms with E-state index in [1.165, 1.54) is 24.3 Å². The Labute approximate surface area is 201 Å². The molecule has 0 spiro atoms. The molecule has 0 radical (unpaired) electrons. The first-order chi connectivity index (χ1) is 16.7. The van der Waals surface area contributed by atoms with Gasteiger partial charge in [-0.2, -0.15) is 0 Å². The molecule has 1 heterocycles. The zero-order valence-corrected chi connectivity index (χ0v) is 19.4. The van der Waals surface area contributed by atoms with Crippen molar-refractivity contribution in [3.8, 4) is 0 Å². The van der Waals surface area contributed by atoms with Crippen LogP contribution in [-0.2, 0) is 32.0 Å². The molecular formula is C24H26N4O7. The lowest BCUT2D eigenvalue weighted by Crippen LogP contribution is -2.43. The van der Waals surface area contributed by atoms with Crippen LogP contribution in [0.15, 0.2) is 42.5 Å². The number of nitrogens with one attached hydrogen (secondary N) is 2. The third kappa shape index (κ3) is 5.99. The van der Waals surface area contributed by atoms with E-state index >= 15 is 0 Å². The van der Waals surface area contributed by atoms with Crippen molar-refractivity contribution in [2.24, 2.45) is 5.92 Å². The van der Waals surface area contributed by atoms with Gasteiger partial charge in [0.05, 0.1) is 17.4 Å². The summed E-state index contributed by atoms with van der Waals surface area (Å²) in [6, 6.07) is 11.1. The molecule has 0 saturated carbocycles. The van der Waals surface area contributed by atoms with Gasteiger partial charge in [0.2, 0.25) is 5.91 Å². The number of rotatable bonds is 9. The molecule has 184 valence electrons. The average molecular weight is 482 g/mol. The normalized spacial score (nSPS) is 15.0. The summed E-state index contributed by atoms with van der Waals surface area (Å²) in [7, 11) is 0. The van der Waals surface area contributed by atoms with E-state index < -0.39 is 46.8 Å². The quantitative estimate of drug-likeness (QED) is 0.317. The third-order valence-electron chi connectivity index (χ3n) is 5.65. The maximum absolute atomic E-state index is 12.5. The molecule has 0 aliphatic carbocycles. The van der Waals surface area contributed by atoms with Crippen molar-refractivity contribution in [2.45, 2.75) is 33.1 Å². The third-order valence-corrected chi connectivity index (χ3v) is 5.65. The molecule has 35 heavy (non-hydrogen) atoms. The molecule has 1 saturated heterocycles. The number of hydrogen-bond acceptors (Lipinski definition) is 7. The number of hydrazine groups is 1. The molecule has 0 unspecified atom stereocenters. The topological polar surface area (TPSA) is 148 Å². The van der Waals surface area contributed by atoms with Crippen molar-refractivity contribution in [1.82, 2.24) is 10.4 Å². The van der Waals surface area contributed by atoms with E-state index in [0.29, 0.717) is 5.69 Å². The van der Waals surface area contributed by atoms with Gasteiger partial charge in [0, 0.05) is 18.2 Å². The number of esters is 1. The Bertz CT molecular complexity index is 1140. The molecule has 11 nitrogen and oxygen atoms in total. The number of anilines is 1. The van der Waals surface area contributed by atoms with Crippen LogP contribution in [0.1, 0.15) is 41.8 Å². The van der Waals surface area contributed by atoms with Crippen molar-refractivity contribution in [3.05, 3.63) is 69.3 Å². The first-order valence-electron chi connectivity index (χ1n) is 11.2. The molecule has 11 heteroatoms. The number of nitro groups is 1. The van der Waals surface area contributed by atoms with Crippen molar-refractivity contribution in [2.75, 3.05) is 18.5 Å². The van der Waals surface area contributed by atoms with Crippen LogP contribution in [0.3, 0.4) is 0 Å². The second-order valence-electron chi connectivity index (χ2n) is 7.93. The predicted octanol–water partition coefficient (Wildman–Crippen LogP) is 2.39. The summed E-state index contributed by atoms with van der Waals surface area (Å²) in [5, 5.41) is 14.9. The van der Waals surface area contributed by atoms with Gasteiger partial charge in [-0.1, -0.05) is 44.2 Å². The van der Waals surface area contributed by atoms with Crippen LogP contribution in [-0.4, -0.2) is 46.8 Å². The Morgan fingerprint density at radius 2 is 1.74 bits per heavy atom. The predicted molar refractivity (Wildman–Crippen MR) is 125 cm³/mol. The van der Waals surface area contributed by atoms with Gasteiger partial charge in [-0.25, -0.2) is 0 Å². The summed E-state index contributed by atoms with van der Waals surface area (Å²) in [6.45, 7) is 3.25. The number of aryl methyl sites for hydroxylation is 2. The molecule has 1 atom stereocenters. The van der Waals surface area contributed by atoms with E-state index in [2.05, 4.69) is 10.7 Å². The Morgan fingerprint density at radius 1 is 1.09 bits per heavy atom. The van der Waals surface area contributed by atoms with E-state index in [-0.39, 0.29) is 18.5 Å². The van der Waals surface area contributed by atoms with Crippen LogP contribution in [0.4, 0.5) is 11.4 Å². The van der Waals surface area contributed by atoms with Crippen molar-refractivity contribution in [1.29, 1.82) is 0 Å². The van der Waals surface area contributed by atoms with Crippen LogP contribution in [0.2, 0.25) is 0 Å². The summed E-state index contributed by atoms with van der Waals surface area (Å²) in [6.07, 6.45) is 1.22. The SMILES string of the molecule is CCc1cccc(CC)c1NC(=O)COC(=O)[C@H]1CC(=O)N(NC(=O)c2ccccc2[N+](=O)[O-])C1. The Morgan fingerprint density at radius 3 is 2.37 bits per heavy atom. The second kappa shape index (κ2) is 11.2. The minimum Gasteiger partial charge on any atom is -0.455 e. The number of para-hydroxylation sites is 2. The molecule has 0 aromatic heterocycles. The lowest BCUT2D eigenvalue weighted by molar-refractivity contribution is -0.385. The van der Waals surface area contributed by atoms with Crippen LogP contribution in [0.25, 0.3) is 0 Å². The summed E-state index contributed by atoms with van der Waals surface area (Å²) in [5.41, 5.74) is 4.32. The fraction of sp³-hybridized carbons (Fsp3) is 0.333. The van der Waals surface area contributed by atoms with E-state index in [4.69, 9.17) is 4.74 Å². The first-order valence-corrected chi connectivity index (χ1v) is 11.2. The summed E-state index contributed by atoms with van der Waals surface area (Å²) in [5.74, 6) is -3.54. The van der Waals surface area contributed by atoms with Gasteiger partial charge in [-0.05, 0) is 30.0 Å². The highest BCUT2D eigenvalue weighted by Gasteiger charge is 2.37. The fourth-order valence-electron chi connectivity index (χ4n) is 3.81. The van der Waals surface area contributed by atoms with Crippen LogP contribution in [0.5, 0.6) is 0 Å². The lowest BCUT2D eigenvalue weighted by Gasteiger charge is -2.17. The van der Waals surface area contributed by atoms with Crippen LogP contribution < -0.4 is 10.7 Å². The molecule has 1 aliphatic heterocycles.